The molecule has 5 aromatic rings. The first kappa shape index (κ1) is 21.6. The SMILES string of the molecule is Nc1nc(CSc2nnc(-c3ccco3)n2Cc2ccccc2)nc(Nc2ccc(F)cc2)n1. The van der Waals surface area contributed by atoms with Gasteiger partial charge in [0, 0.05) is 5.69 Å². The number of nitrogens with one attached hydrogen (secondary N) is 1. The van der Waals surface area contributed by atoms with Crippen LogP contribution in [0.5, 0.6) is 0 Å². The van der Waals surface area contributed by atoms with Crippen molar-refractivity contribution in [2.45, 2.75) is 17.5 Å². The Balaban J connectivity index is 1.37. The van der Waals surface area contributed by atoms with Crippen LogP contribution in [0.4, 0.5) is 22.0 Å². The van der Waals surface area contributed by atoms with Crippen LogP contribution in [0.15, 0.2) is 82.6 Å². The molecule has 3 aromatic heterocycles. The van der Waals surface area contributed by atoms with Crippen LogP contribution >= 0.6 is 11.8 Å². The van der Waals surface area contributed by atoms with E-state index in [4.69, 9.17) is 10.2 Å². The number of benzene rings is 2. The van der Waals surface area contributed by atoms with E-state index in [1.165, 1.54) is 23.9 Å². The molecule has 5 rings (SSSR count). The fraction of sp³-hybridized carbons (Fsp3) is 0.0870. The summed E-state index contributed by atoms with van der Waals surface area (Å²) in [6.45, 7) is 0.572. The van der Waals surface area contributed by atoms with Gasteiger partial charge in [-0.2, -0.15) is 15.0 Å². The minimum atomic E-state index is -0.327. The van der Waals surface area contributed by atoms with Gasteiger partial charge in [0.1, 0.15) is 11.6 Å². The summed E-state index contributed by atoms with van der Waals surface area (Å²) in [4.78, 5) is 12.8. The lowest BCUT2D eigenvalue weighted by Gasteiger charge is -2.10. The lowest BCUT2D eigenvalue weighted by atomic mass is 10.2. The third kappa shape index (κ3) is 5.04. The molecule has 0 aliphatic heterocycles. The number of hydrogen-bond donors (Lipinski definition) is 2. The van der Waals surface area contributed by atoms with Gasteiger partial charge in [0.2, 0.25) is 17.7 Å². The second kappa shape index (κ2) is 9.71. The first-order valence-electron chi connectivity index (χ1n) is 10.3. The van der Waals surface area contributed by atoms with Crippen LogP contribution < -0.4 is 11.1 Å². The van der Waals surface area contributed by atoms with E-state index < -0.39 is 0 Å². The fourth-order valence-corrected chi connectivity index (χ4v) is 4.03. The maximum absolute atomic E-state index is 13.2. The van der Waals surface area contributed by atoms with Gasteiger partial charge in [-0.3, -0.25) is 4.57 Å². The molecule has 0 atom stereocenters. The normalized spacial score (nSPS) is 11.0. The van der Waals surface area contributed by atoms with Crippen LogP contribution in [-0.4, -0.2) is 29.7 Å². The number of halogens is 1. The molecule has 0 fully saturated rings. The Morgan fingerprint density at radius 2 is 1.76 bits per heavy atom. The zero-order chi connectivity index (χ0) is 23.3. The van der Waals surface area contributed by atoms with E-state index in [9.17, 15) is 4.39 Å². The number of anilines is 3. The van der Waals surface area contributed by atoms with E-state index in [-0.39, 0.29) is 17.7 Å². The molecule has 11 heteroatoms. The molecule has 3 N–H and O–H groups in total. The van der Waals surface area contributed by atoms with Gasteiger partial charge in [0.15, 0.2) is 10.9 Å². The lowest BCUT2D eigenvalue weighted by molar-refractivity contribution is 0.569. The van der Waals surface area contributed by atoms with E-state index in [1.807, 2.05) is 47.0 Å². The summed E-state index contributed by atoms with van der Waals surface area (Å²) in [6, 6.07) is 19.6. The van der Waals surface area contributed by atoms with Crippen LogP contribution in [0.25, 0.3) is 11.6 Å². The molecule has 0 aliphatic rings. The minimum Gasteiger partial charge on any atom is -0.461 e. The highest BCUT2D eigenvalue weighted by molar-refractivity contribution is 7.98. The average Bonchev–Trinajstić information content (AvgIpc) is 3.50. The standard InChI is InChI=1S/C23H19FN8OS/c24-16-8-10-17(11-9-16)26-22-28-19(27-21(25)29-22)14-34-23-31-30-20(18-7-4-12-33-18)32(23)13-15-5-2-1-3-6-15/h1-12H,13-14H2,(H3,25,26,27,28,29). The number of nitrogen functional groups attached to an aromatic ring is 1. The molecule has 0 radical (unpaired) electrons. The first-order chi connectivity index (χ1) is 16.6. The van der Waals surface area contributed by atoms with Gasteiger partial charge in [0.05, 0.1) is 18.6 Å². The second-order valence-electron chi connectivity index (χ2n) is 7.21. The summed E-state index contributed by atoms with van der Waals surface area (Å²) in [5.41, 5.74) is 7.63. The molecular formula is C23H19FN8OS. The smallest absolute Gasteiger partial charge is 0.232 e. The monoisotopic (exact) mass is 474 g/mol. The summed E-state index contributed by atoms with van der Waals surface area (Å²) in [5, 5.41) is 12.4. The van der Waals surface area contributed by atoms with Gasteiger partial charge in [-0.25, -0.2) is 4.39 Å². The Bertz CT molecular complexity index is 1370. The van der Waals surface area contributed by atoms with Gasteiger partial charge in [-0.05, 0) is 42.0 Å². The second-order valence-corrected chi connectivity index (χ2v) is 8.15. The molecule has 2 aromatic carbocycles. The van der Waals surface area contributed by atoms with E-state index in [2.05, 4.69) is 30.5 Å². The summed E-state index contributed by atoms with van der Waals surface area (Å²) in [5.74, 6) is 2.14. The van der Waals surface area contributed by atoms with Crippen molar-refractivity contribution in [1.29, 1.82) is 0 Å². The number of rotatable bonds is 8. The van der Waals surface area contributed by atoms with Crippen LogP contribution in [0, 0.1) is 5.82 Å². The predicted octanol–water partition coefficient (Wildman–Crippen LogP) is 4.53. The van der Waals surface area contributed by atoms with E-state index in [1.54, 1.807) is 18.4 Å². The molecule has 0 amide bonds. The molecule has 3 heterocycles. The average molecular weight is 475 g/mol. The van der Waals surface area contributed by atoms with Crippen LogP contribution in [0.3, 0.4) is 0 Å². The third-order valence-electron chi connectivity index (χ3n) is 4.77. The summed E-state index contributed by atoms with van der Waals surface area (Å²) in [6.07, 6.45) is 1.60. The minimum absolute atomic E-state index is 0.0808. The van der Waals surface area contributed by atoms with Crippen molar-refractivity contribution in [3.8, 4) is 11.6 Å². The zero-order valence-electron chi connectivity index (χ0n) is 17.8. The maximum Gasteiger partial charge on any atom is 0.232 e. The van der Waals surface area contributed by atoms with Crippen molar-refractivity contribution in [2.24, 2.45) is 0 Å². The molecule has 0 saturated heterocycles. The number of aromatic nitrogens is 6. The number of furan rings is 1. The van der Waals surface area contributed by atoms with Crippen molar-refractivity contribution in [1.82, 2.24) is 29.7 Å². The van der Waals surface area contributed by atoms with Crippen LogP contribution in [0.2, 0.25) is 0 Å². The number of nitrogens with zero attached hydrogens (tertiary/aromatic N) is 6. The Kier molecular flexibility index (Phi) is 6.17. The highest BCUT2D eigenvalue weighted by atomic mass is 32.2. The topological polar surface area (TPSA) is 121 Å². The van der Waals surface area contributed by atoms with E-state index in [0.717, 1.165) is 5.56 Å². The largest absolute Gasteiger partial charge is 0.461 e. The van der Waals surface area contributed by atoms with Gasteiger partial charge >= 0.3 is 0 Å². The predicted molar refractivity (Wildman–Crippen MR) is 127 cm³/mol. The summed E-state index contributed by atoms with van der Waals surface area (Å²) >= 11 is 1.43. The first-order valence-corrected chi connectivity index (χ1v) is 11.3. The number of thioether (sulfide) groups is 1. The van der Waals surface area contributed by atoms with Gasteiger partial charge in [0.25, 0.3) is 0 Å². The molecule has 34 heavy (non-hydrogen) atoms. The maximum atomic E-state index is 13.2. The van der Waals surface area contributed by atoms with Crippen molar-refractivity contribution in [3.63, 3.8) is 0 Å². The Labute approximate surface area is 198 Å². The summed E-state index contributed by atoms with van der Waals surface area (Å²) in [7, 11) is 0. The van der Waals surface area contributed by atoms with Crippen LogP contribution in [-0.2, 0) is 12.3 Å². The molecule has 0 unspecified atom stereocenters. The molecule has 0 saturated carbocycles. The zero-order valence-corrected chi connectivity index (χ0v) is 18.6. The van der Waals surface area contributed by atoms with Crippen molar-refractivity contribution >= 4 is 29.3 Å². The molecule has 0 spiro atoms. The molecule has 9 nitrogen and oxygen atoms in total. The Morgan fingerprint density at radius 3 is 2.53 bits per heavy atom. The van der Waals surface area contributed by atoms with Crippen LogP contribution in [0.1, 0.15) is 11.4 Å². The molecule has 170 valence electrons. The highest BCUT2D eigenvalue weighted by Gasteiger charge is 2.18. The number of hydrogen-bond acceptors (Lipinski definition) is 9. The Morgan fingerprint density at radius 1 is 0.941 bits per heavy atom. The molecule has 0 aliphatic carbocycles. The van der Waals surface area contributed by atoms with E-state index in [0.29, 0.717) is 40.6 Å². The van der Waals surface area contributed by atoms with Crippen molar-refractivity contribution < 1.29 is 8.81 Å². The van der Waals surface area contributed by atoms with Gasteiger partial charge in [-0.1, -0.05) is 42.1 Å². The van der Waals surface area contributed by atoms with Gasteiger partial charge in [-0.15, -0.1) is 10.2 Å². The summed E-state index contributed by atoms with van der Waals surface area (Å²) < 4.78 is 20.7. The van der Waals surface area contributed by atoms with Crippen molar-refractivity contribution in [2.75, 3.05) is 11.1 Å². The van der Waals surface area contributed by atoms with Crippen molar-refractivity contribution in [3.05, 3.63) is 90.2 Å². The fourth-order valence-electron chi connectivity index (χ4n) is 3.24. The van der Waals surface area contributed by atoms with E-state index >= 15 is 0 Å². The highest BCUT2D eigenvalue weighted by Crippen LogP contribution is 2.27. The van der Waals surface area contributed by atoms with Gasteiger partial charge < -0.3 is 15.5 Å². The lowest BCUT2D eigenvalue weighted by Crippen LogP contribution is -2.07. The quantitative estimate of drug-likeness (QED) is 0.312. The molecule has 0 bridgehead atoms. The third-order valence-corrected chi connectivity index (χ3v) is 5.73. The number of nitrogens with two attached hydrogens (primary N) is 1. The molecular weight excluding hydrogens is 455 g/mol. The Hall–Kier alpha value is -4.25.